The third-order valence-corrected chi connectivity index (χ3v) is 4.23. The molecule has 0 radical (unpaired) electrons. The van der Waals surface area contributed by atoms with E-state index in [1.807, 2.05) is 13.8 Å². The van der Waals surface area contributed by atoms with Crippen LogP contribution in [0.2, 0.25) is 0 Å². The molecule has 2 aromatic rings. The fourth-order valence-electron chi connectivity index (χ4n) is 2.84. The van der Waals surface area contributed by atoms with Crippen LogP contribution in [-0.2, 0) is 19.3 Å². The normalized spacial score (nSPS) is 12.7. The van der Waals surface area contributed by atoms with E-state index in [0.717, 1.165) is 0 Å². The quantitative estimate of drug-likeness (QED) is 0.347. The number of fused-ring (bicyclic) bond motifs is 1. The highest BCUT2D eigenvalue weighted by Gasteiger charge is 2.26. The van der Waals surface area contributed by atoms with E-state index in [0.29, 0.717) is 6.42 Å². The van der Waals surface area contributed by atoms with Crippen molar-refractivity contribution in [1.29, 1.82) is 0 Å². The molecule has 166 valence electrons. The zero-order chi connectivity index (χ0) is 23.1. The first-order chi connectivity index (χ1) is 14.6. The molecule has 0 aliphatic heterocycles. The molecular formula is C20H24N4O7. The Morgan fingerprint density at radius 1 is 1.16 bits per heavy atom. The third-order valence-electron chi connectivity index (χ3n) is 4.23. The van der Waals surface area contributed by atoms with Crippen molar-refractivity contribution < 1.29 is 29.1 Å². The summed E-state index contributed by atoms with van der Waals surface area (Å²) >= 11 is 0. The van der Waals surface area contributed by atoms with E-state index in [1.165, 1.54) is 44.3 Å². The van der Waals surface area contributed by atoms with Gasteiger partial charge in [0.1, 0.15) is 17.6 Å². The second-order valence-corrected chi connectivity index (χ2v) is 7.34. The molecular weight excluding hydrogens is 408 g/mol. The maximum Gasteiger partial charge on any atom is 0.377 e. The van der Waals surface area contributed by atoms with Crippen LogP contribution in [0.4, 0.5) is 5.69 Å². The van der Waals surface area contributed by atoms with Crippen molar-refractivity contribution in [2.75, 3.05) is 0 Å². The van der Waals surface area contributed by atoms with Gasteiger partial charge in [0.05, 0.1) is 10.3 Å². The molecule has 0 fully saturated rings. The minimum absolute atomic E-state index is 0.00371. The number of non-ortho nitro benzene ring substituents is 1. The Morgan fingerprint density at radius 2 is 1.87 bits per heavy atom. The number of nitro benzene ring substituents is 1. The number of nitro groups is 1. The number of pyridine rings is 1. The summed E-state index contributed by atoms with van der Waals surface area (Å²) in [5, 5.41) is 16.4. The number of carbonyl (C=O) groups excluding carboxylic acids is 3. The third kappa shape index (κ3) is 6.36. The van der Waals surface area contributed by atoms with Crippen LogP contribution < -0.4 is 15.5 Å². The van der Waals surface area contributed by atoms with Crippen LogP contribution in [-0.4, -0.2) is 39.8 Å². The largest absolute Gasteiger partial charge is 0.377 e. The summed E-state index contributed by atoms with van der Waals surface area (Å²) in [4.78, 5) is 60.5. The molecule has 0 spiro atoms. The second kappa shape index (κ2) is 10.3. The molecule has 11 heteroatoms. The van der Waals surface area contributed by atoms with Gasteiger partial charge in [-0.2, -0.15) is 0 Å². The number of hydrogen-bond acceptors (Lipinski definition) is 8. The number of nitrogens with one attached hydrogen (secondary N) is 2. The molecule has 2 N–H and O–H groups in total. The molecule has 0 saturated carbocycles. The predicted molar refractivity (Wildman–Crippen MR) is 110 cm³/mol. The highest BCUT2D eigenvalue weighted by Crippen LogP contribution is 2.31. The molecule has 11 nitrogen and oxygen atoms in total. The van der Waals surface area contributed by atoms with Crippen molar-refractivity contribution in [3.05, 3.63) is 40.6 Å². The molecule has 1 aromatic heterocycles. The Balaban J connectivity index is 2.05. The summed E-state index contributed by atoms with van der Waals surface area (Å²) in [5.74, 6) is -1.66. The topological polar surface area (TPSA) is 150 Å². The van der Waals surface area contributed by atoms with Gasteiger partial charge in [-0.15, -0.1) is 0 Å². The molecule has 0 aliphatic carbocycles. The van der Waals surface area contributed by atoms with Crippen LogP contribution in [0.5, 0.6) is 5.75 Å². The molecule has 1 aromatic carbocycles. The van der Waals surface area contributed by atoms with Crippen molar-refractivity contribution in [2.24, 2.45) is 5.92 Å². The van der Waals surface area contributed by atoms with Crippen LogP contribution in [0.1, 0.15) is 34.1 Å². The molecule has 2 unspecified atom stereocenters. The fourth-order valence-corrected chi connectivity index (χ4v) is 2.84. The summed E-state index contributed by atoms with van der Waals surface area (Å²) in [5.41, 5.74) is -0.0274. The summed E-state index contributed by atoms with van der Waals surface area (Å²) in [6.45, 7) is 6.50. The highest BCUT2D eigenvalue weighted by molar-refractivity contribution is 5.92. The van der Waals surface area contributed by atoms with Crippen molar-refractivity contribution in [3.63, 3.8) is 0 Å². The van der Waals surface area contributed by atoms with E-state index < -0.39 is 28.9 Å². The van der Waals surface area contributed by atoms with Gasteiger partial charge < -0.3 is 10.6 Å². The Labute approximate surface area is 178 Å². The minimum atomic E-state index is -1.08. The first-order valence-electron chi connectivity index (χ1n) is 9.58. The predicted octanol–water partition coefficient (Wildman–Crippen LogP) is 2.04. The molecule has 1 heterocycles. The molecule has 2 atom stereocenters. The summed E-state index contributed by atoms with van der Waals surface area (Å²) in [6.07, 6.45) is 1.81. The second-order valence-electron chi connectivity index (χ2n) is 7.34. The van der Waals surface area contributed by atoms with Crippen LogP contribution in [0.25, 0.3) is 10.9 Å². The van der Waals surface area contributed by atoms with Crippen LogP contribution in [0.15, 0.2) is 30.5 Å². The number of amides is 2. The highest BCUT2D eigenvalue weighted by atomic mass is 17.2. The summed E-state index contributed by atoms with van der Waals surface area (Å²) in [7, 11) is 0. The maximum absolute atomic E-state index is 12.4. The van der Waals surface area contributed by atoms with Crippen molar-refractivity contribution in [3.8, 4) is 5.75 Å². The number of hydrogen-bond donors (Lipinski definition) is 2. The van der Waals surface area contributed by atoms with Crippen LogP contribution >= 0.6 is 0 Å². The van der Waals surface area contributed by atoms with Gasteiger partial charge in [-0.25, -0.2) is 9.68 Å². The molecule has 2 rings (SSSR count). The van der Waals surface area contributed by atoms with Crippen LogP contribution in [0.3, 0.4) is 0 Å². The van der Waals surface area contributed by atoms with Gasteiger partial charge in [-0.05, 0) is 37.5 Å². The van der Waals surface area contributed by atoms with Gasteiger partial charge in [-0.3, -0.25) is 29.6 Å². The standard InChI is InChI=1S/C20H24N4O7/c1-11(2)10-15(23-13(4)25)19(26)22-12(3)20(27)31-30-17-8-7-16(24(28)29)14-6-5-9-21-18(14)17/h5-9,11-12,15H,10H2,1-4H3,(H,22,26)(H,23,25). The van der Waals surface area contributed by atoms with Gasteiger partial charge in [0.25, 0.3) is 5.69 Å². The lowest BCUT2D eigenvalue weighted by Crippen LogP contribution is -2.51. The fraction of sp³-hybridized carbons (Fsp3) is 0.400. The lowest BCUT2D eigenvalue weighted by molar-refractivity contribution is -0.383. The molecule has 0 aliphatic rings. The first-order valence-corrected chi connectivity index (χ1v) is 9.58. The minimum Gasteiger partial charge on any atom is -0.345 e. The van der Waals surface area contributed by atoms with Crippen molar-refractivity contribution in [2.45, 2.75) is 46.2 Å². The van der Waals surface area contributed by atoms with Crippen LogP contribution in [0, 0.1) is 16.0 Å². The van der Waals surface area contributed by atoms with Crippen molar-refractivity contribution in [1.82, 2.24) is 15.6 Å². The van der Waals surface area contributed by atoms with E-state index in [4.69, 9.17) is 9.78 Å². The lowest BCUT2D eigenvalue weighted by atomic mass is 10.0. The van der Waals surface area contributed by atoms with Gasteiger partial charge in [0, 0.05) is 19.2 Å². The first kappa shape index (κ1) is 23.5. The number of carbonyl (C=O) groups is 3. The molecule has 2 amide bonds. The van der Waals surface area contributed by atoms with Gasteiger partial charge in [-0.1, -0.05) is 13.8 Å². The van der Waals surface area contributed by atoms with Crippen molar-refractivity contribution >= 4 is 34.4 Å². The van der Waals surface area contributed by atoms with E-state index in [9.17, 15) is 24.5 Å². The average Bonchev–Trinajstić information content (AvgIpc) is 2.70. The molecule has 0 saturated heterocycles. The van der Waals surface area contributed by atoms with E-state index in [2.05, 4.69) is 15.6 Å². The summed E-state index contributed by atoms with van der Waals surface area (Å²) < 4.78 is 0. The number of aromatic nitrogens is 1. The number of rotatable bonds is 9. The number of benzene rings is 1. The maximum atomic E-state index is 12.4. The SMILES string of the molecule is CC(=O)NC(CC(C)C)C(=O)NC(C)C(=O)OOc1ccc([N+](=O)[O-])c2cccnc12. The Morgan fingerprint density at radius 3 is 2.48 bits per heavy atom. The van der Waals surface area contributed by atoms with Gasteiger partial charge in [0.2, 0.25) is 17.6 Å². The average molecular weight is 432 g/mol. The molecule has 0 bridgehead atoms. The van der Waals surface area contributed by atoms with E-state index >= 15 is 0 Å². The Hall–Kier alpha value is -3.76. The Kier molecular flexibility index (Phi) is 7.83. The lowest BCUT2D eigenvalue weighted by Gasteiger charge is -2.21. The molecule has 31 heavy (non-hydrogen) atoms. The zero-order valence-electron chi connectivity index (χ0n) is 17.6. The van der Waals surface area contributed by atoms with Gasteiger partial charge in [0.15, 0.2) is 0 Å². The summed E-state index contributed by atoms with van der Waals surface area (Å²) in [6, 6.07) is 3.63. The smallest absolute Gasteiger partial charge is 0.345 e. The monoisotopic (exact) mass is 432 g/mol. The van der Waals surface area contributed by atoms with Gasteiger partial charge >= 0.3 is 5.97 Å². The van der Waals surface area contributed by atoms with E-state index in [1.54, 1.807) is 0 Å². The number of nitrogens with zero attached hydrogens (tertiary/aromatic N) is 2. The Bertz CT molecular complexity index is 993. The zero-order valence-corrected chi connectivity index (χ0v) is 17.6. The van der Waals surface area contributed by atoms with E-state index in [-0.39, 0.29) is 34.2 Å².